The van der Waals surface area contributed by atoms with Crippen LogP contribution in [0.3, 0.4) is 0 Å². The second-order valence-corrected chi connectivity index (χ2v) is 3.91. The summed E-state index contributed by atoms with van der Waals surface area (Å²) in [5.74, 6) is 0. The van der Waals surface area contributed by atoms with Crippen molar-refractivity contribution in [1.29, 1.82) is 0 Å². The van der Waals surface area contributed by atoms with E-state index in [4.69, 9.17) is 5.73 Å². The molecule has 0 aromatic carbocycles. The van der Waals surface area contributed by atoms with Gasteiger partial charge in [-0.15, -0.1) is 11.3 Å². The highest BCUT2D eigenvalue weighted by Gasteiger charge is 2.06. The topological polar surface area (TPSA) is 26.0 Å². The van der Waals surface area contributed by atoms with Crippen LogP contribution in [-0.4, -0.2) is 0 Å². The van der Waals surface area contributed by atoms with E-state index in [-0.39, 0.29) is 6.04 Å². The molecule has 1 nitrogen and oxygen atoms in total. The summed E-state index contributed by atoms with van der Waals surface area (Å²) in [5.41, 5.74) is 7.20. The molecule has 1 atom stereocenters. The van der Waals surface area contributed by atoms with E-state index >= 15 is 0 Å². The third kappa shape index (κ3) is 2.47. The molecule has 1 rings (SSSR count). The van der Waals surface area contributed by atoms with Crippen LogP contribution in [-0.2, 0) is 0 Å². The van der Waals surface area contributed by atoms with Gasteiger partial charge in [-0.2, -0.15) is 0 Å². The lowest BCUT2D eigenvalue weighted by Gasteiger charge is -2.09. The van der Waals surface area contributed by atoms with Gasteiger partial charge in [0.25, 0.3) is 0 Å². The average Bonchev–Trinajstić information content (AvgIpc) is 2.56. The van der Waals surface area contributed by atoms with Crippen LogP contribution in [0.2, 0.25) is 0 Å². The van der Waals surface area contributed by atoms with Crippen molar-refractivity contribution in [2.24, 2.45) is 5.73 Å². The first-order valence-corrected chi connectivity index (χ1v) is 5.07. The first-order valence-electron chi connectivity index (χ1n) is 4.19. The van der Waals surface area contributed by atoms with Crippen LogP contribution in [0.1, 0.15) is 30.7 Å². The van der Waals surface area contributed by atoms with Crippen molar-refractivity contribution in [2.75, 3.05) is 0 Å². The van der Waals surface area contributed by atoms with Crippen LogP contribution in [0, 0.1) is 0 Å². The number of rotatable bonds is 4. The van der Waals surface area contributed by atoms with Crippen molar-refractivity contribution < 1.29 is 0 Å². The van der Waals surface area contributed by atoms with E-state index in [2.05, 4.69) is 24.9 Å². The normalized spacial score (nSPS) is 12.8. The zero-order valence-corrected chi connectivity index (χ0v) is 8.23. The molecular weight excluding hydrogens is 166 g/mol. The summed E-state index contributed by atoms with van der Waals surface area (Å²) >= 11 is 1.72. The van der Waals surface area contributed by atoms with Gasteiger partial charge in [0.05, 0.1) is 0 Å². The predicted octanol–water partition coefficient (Wildman–Crippen LogP) is 3.10. The third-order valence-electron chi connectivity index (χ3n) is 1.92. The van der Waals surface area contributed by atoms with Gasteiger partial charge >= 0.3 is 0 Å². The standard InChI is InChI=1S/C10H15NS/c1-3-8(2)7-9(11)10-5-4-6-12-10/h4-6,9H,2-3,7,11H2,1H3. The van der Waals surface area contributed by atoms with Crippen molar-refractivity contribution in [3.63, 3.8) is 0 Å². The minimum atomic E-state index is 0.150. The molecule has 0 bridgehead atoms. The van der Waals surface area contributed by atoms with Crippen LogP contribution in [0.5, 0.6) is 0 Å². The molecular formula is C10H15NS. The predicted molar refractivity (Wildman–Crippen MR) is 55.3 cm³/mol. The van der Waals surface area contributed by atoms with E-state index in [9.17, 15) is 0 Å². The summed E-state index contributed by atoms with van der Waals surface area (Å²) < 4.78 is 0. The maximum atomic E-state index is 5.97. The Morgan fingerprint density at radius 2 is 2.50 bits per heavy atom. The summed E-state index contributed by atoms with van der Waals surface area (Å²) in [7, 11) is 0. The van der Waals surface area contributed by atoms with E-state index in [1.54, 1.807) is 11.3 Å². The zero-order valence-electron chi connectivity index (χ0n) is 7.42. The Morgan fingerprint density at radius 3 is 3.00 bits per heavy atom. The molecule has 0 amide bonds. The SMILES string of the molecule is C=C(CC)CC(N)c1cccs1. The van der Waals surface area contributed by atoms with Crippen LogP contribution >= 0.6 is 11.3 Å². The van der Waals surface area contributed by atoms with E-state index in [0.29, 0.717) is 0 Å². The minimum absolute atomic E-state index is 0.150. The number of hydrogen-bond acceptors (Lipinski definition) is 2. The third-order valence-corrected chi connectivity index (χ3v) is 2.92. The van der Waals surface area contributed by atoms with Crippen LogP contribution < -0.4 is 5.73 Å². The maximum absolute atomic E-state index is 5.97. The molecule has 1 aromatic rings. The van der Waals surface area contributed by atoms with Crippen LogP contribution in [0.4, 0.5) is 0 Å². The Morgan fingerprint density at radius 1 is 1.75 bits per heavy atom. The van der Waals surface area contributed by atoms with Gasteiger partial charge in [-0.1, -0.05) is 25.1 Å². The van der Waals surface area contributed by atoms with Gasteiger partial charge in [-0.05, 0) is 24.3 Å². The van der Waals surface area contributed by atoms with E-state index < -0.39 is 0 Å². The average molecular weight is 181 g/mol. The summed E-state index contributed by atoms with van der Waals surface area (Å²) in [5, 5.41) is 2.06. The lowest BCUT2D eigenvalue weighted by Crippen LogP contribution is -2.08. The molecule has 2 N–H and O–H groups in total. The first-order chi connectivity index (χ1) is 5.74. The molecule has 0 saturated carbocycles. The summed E-state index contributed by atoms with van der Waals surface area (Å²) in [4.78, 5) is 1.25. The van der Waals surface area contributed by atoms with Crippen molar-refractivity contribution in [2.45, 2.75) is 25.8 Å². The number of thiophene rings is 1. The molecule has 66 valence electrons. The van der Waals surface area contributed by atoms with Crippen molar-refractivity contribution in [1.82, 2.24) is 0 Å². The molecule has 2 heteroatoms. The van der Waals surface area contributed by atoms with Gasteiger partial charge in [-0.3, -0.25) is 0 Å². The number of nitrogens with two attached hydrogens (primary N) is 1. The van der Waals surface area contributed by atoms with Gasteiger partial charge in [0.1, 0.15) is 0 Å². The monoisotopic (exact) mass is 181 g/mol. The molecule has 0 spiro atoms. The fourth-order valence-corrected chi connectivity index (χ4v) is 1.79. The van der Waals surface area contributed by atoms with E-state index in [1.807, 2.05) is 6.07 Å². The van der Waals surface area contributed by atoms with Crippen LogP contribution in [0.25, 0.3) is 0 Å². The van der Waals surface area contributed by atoms with Gasteiger partial charge < -0.3 is 5.73 Å². The zero-order chi connectivity index (χ0) is 8.97. The molecule has 1 aromatic heterocycles. The Labute approximate surface area is 77.9 Å². The minimum Gasteiger partial charge on any atom is -0.323 e. The maximum Gasteiger partial charge on any atom is 0.0427 e. The molecule has 0 fully saturated rings. The highest BCUT2D eigenvalue weighted by molar-refractivity contribution is 7.10. The molecule has 0 aliphatic carbocycles. The second kappa shape index (κ2) is 4.43. The Bertz CT molecular complexity index is 238. The van der Waals surface area contributed by atoms with Crippen LogP contribution in [0.15, 0.2) is 29.7 Å². The smallest absolute Gasteiger partial charge is 0.0427 e. The first kappa shape index (κ1) is 9.49. The highest BCUT2D eigenvalue weighted by Crippen LogP contribution is 2.22. The summed E-state index contributed by atoms with van der Waals surface area (Å²) in [6.45, 7) is 6.06. The fraction of sp³-hybridized carbons (Fsp3) is 0.400. The lowest BCUT2D eigenvalue weighted by molar-refractivity contribution is 0.714. The molecule has 1 unspecified atom stereocenters. The largest absolute Gasteiger partial charge is 0.323 e. The number of hydrogen-bond donors (Lipinski definition) is 1. The van der Waals surface area contributed by atoms with Gasteiger partial charge in [0, 0.05) is 10.9 Å². The van der Waals surface area contributed by atoms with Gasteiger partial charge in [0.15, 0.2) is 0 Å². The molecule has 12 heavy (non-hydrogen) atoms. The summed E-state index contributed by atoms with van der Waals surface area (Å²) in [6, 6.07) is 4.27. The Balaban J connectivity index is 2.49. The van der Waals surface area contributed by atoms with Crippen molar-refractivity contribution >= 4 is 11.3 Å². The molecule has 0 aliphatic rings. The summed E-state index contributed by atoms with van der Waals surface area (Å²) in [6.07, 6.45) is 1.94. The fourth-order valence-electron chi connectivity index (χ4n) is 1.06. The van der Waals surface area contributed by atoms with Crippen molar-refractivity contribution in [3.8, 4) is 0 Å². The lowest BCUT2D eigenvalue weighted by atomic mass is 10.1. The molecule has 0 radical (unpaired) electrons. The molecule has 0 aliphatic heterocycles. The van der Waals surface area contributed by atoms with Crippen molar-refractivity contribution in [3.05, 3.63) is 34.5 Å². The van der Waals surface area contributed by atoms with E-state index in [0.717, 1.165) is 12.8 Å². The van der Waals surface area contributed by atoms with E-state index in [1.165, 1.54) is 10.5 Å². The van der Waals surface area contributed by atoms with Gasteiger partial charge in [-0.25, -0.2) is 0 Å². The Kier molecular flexibility index (Phi) is 3.50. The van der Waals surface area contributed by atoms with Gasteiger partial charge in [0.2, 0.25) is 0 Å². The second-order valence-electron chi connectivity index (χ2n) is 2.93. The molecule has 1 heterocycles. The Hall–Kier alpha value is -0.600. The highest BCUT2D eigenvalue weighted by atomic mass is 32.1. The quantitative estimate of drug-likeness (QED) is 0.710. The molecule has 0 saturated heterocycles.